The highest BCUT2D eigenvalue weighted by molar-refractivity contribution is 6.30. The third-order valence-corrected chi connectivity index (χ3v) is 4.45. The Morgan fingerprint density at radius 2 is 1.96 bits per heavy atom. The Labute approximate surface area is 158 Å². The molecule has 0 aliphatic heterocycles. The van der Waals surface area contributed by atoms with Gasteiger partial charge >= 0.3 is 0 Å². The molecular weight excluding hydrogens is 369 g/mol. The third-order valence-electron chi connectivity index (χ3n) is 4.22. The van der Waals surface area contributed by atoms with E-state index in [1.54, 1.807) is 53.2 Å². The predicted molar refractivity (Wildman–Crippen MR) is 102 cm³/mol. The number of hydrogen-bond acceptors (Lipinski definition) is 4. The van der Waals surface area contributed by atoms with Crippen molar-refractivity contribution in [1.29, 1.82) is 0 Å². The number of methoxy groups -OCH3 is 1. The van der Waals surface area contributed by atoms with Gasteiger partial charge in [-0.05, 0) is 48.5 Å². The summed E-state index contributed by atoms with van der Waals surface area (Å²) in [6.07, 6.45) is 2.99. The van der Waals surface area contributed by atoms with Crippen molar-refractivity contribution >= 4 is 22.5 Å². The maximum atomic E-state index is 14.5. The zero-order chi connectivity index (χ0) is 19.0. The molecule has 0 saturated heterocycles. The SMILES string of the molecule is COc1ccc2c(c1)c(=O)ncn2-c1cccnc1-c1ccc(Cl)cc1F. The number of hydrogen-bond donors (Lipinski definition) is 0. The van der Waals surface area contributed by atoms with Crippen molar-refractivity contribution < 1.29 is 9.13 Å². The first-order chi connectivity index (χ1) is 13.1. The second-order valence-corrected chi connectivity index (χ2v) is 6.23. The van der Waals surface area contributed by atoms with Crippen LogP contribution in [0.4, 0.5) is 4.39 Å². The first-order valence-corrected chi connectivity index (χ1v) is 8.42. The summed E-state index contributed by atoms with van der Waals surface area (Å²) in [6, 6.07) is 13.1. The van der Waals surface area contributed by atoms with Crippen LogP contribution in [0.5, 0.6) is 5.75 Å². The Kier molecular flexibility index (Phi) is 4.33. The zero-order valence-corrected chi connectivity index (χ0v) is 14.9. The quantitative estimate of drug-likeness (QED) is 0.532. The molecule has 27 heavy (non-hydrogen) atoms. The summed E-state index contributed by atoms with van der Waals surface area (Å²) in [5.41, 5.74) is 1.54. The van der Waals surface area contributed by atoms with E-state index in [-0.39, 0.29) is 5.56 Å². The van der Waals surface area contributed by atoms with Gasteiger partial charge in [0.1, 0.15) is 17.9 Å². The van der Waals surface area contributed by atoms with Gasteiger partial charge in [-0.1, -0.05) is 11.6 Å². The molecule has 7 heteroatoms. The van der Waals surface area contributed by atoms with Crippen molar-refractivity contribution in [2.45, 2.75) is 0 Å². The third kappa shape index (κ3) is 3.04. The van der Waals surface area contributed by atoms with Gasteiger partial charge in [-0.25, -0.2) is 4.39 Å². The summed E-state index contributed by atoms with van der Waals surface area (Å²) in [4.78, 5) is 20.5. The van der Waals surface area contributed by atoms with Crippen LogP contribution in [0.25, 0.3) is 27.8 Å². The van der Waals surface area contributed by atoms with Crippen LogP contribution in [-0.4, -0.2) is 21.6 Å². The highest BCUT2D eigenvalue weighted by atomic mass is 35.5. The summed E-state index contributed by atoms with van der Waals surface area (Å²) in [5, 5.41) is 0.694. The van der Waals surface area contributed by atoms with Gasteiger partial charge in [-0.15, -0.1) is 0 Å². The second-order valence-electron chi connectivity index (χ2n) is 5.80. The Bertz CT molecular complexity index is 1220. The fourth-order valence-electron chi connectivity index (χ4n) is 2.94. The minimum absolute atomic E-state index is 0.301. The lowest BCUT2D eigenvalue weighted by Gasteiger charge is -2.15. The number of nitrogens with zero attached hydrogens (tertiary/aromatic N) is 3. The molecule has 2 aromatic heterocycles. The van der Waals surface area contributed by atoms with E-state index in [1.807, 2.05) is 0 Å². The number of halogens is 2. The zero-order valence-electron chi connectivity index (χ0n) is 14.2. The van der Waals surface area contributed by atoms with Crippen LogP contribution in [0.2, 0.25) is 5.02 Å². The fraction of sp³-hybridized carbons (Fsp3) is 0.0500. The van der Waals surface area contributed by atoms with Crippen LogP contribution in [0.1, 0.15) is 0 Å². The topological polar surface area (TPSA) is 57.0 Å². The van der Waals surface area contributed by atoms with E-state index < -0.39 is 5.82 Å². The van der Waals surface area contributed by atoms with Gasteiger partial charge in [-0.2, -0.15) is 4.98 Å². The average molecular weight is 382 g/mol. The summed E-state index contributed by atoms with van der Waals surface area (Å²) >= 11 is 5.86. The standard InChI is InChI=1S/C20H13ClFN3O2/c1-27-13-5-7-17-15(10-13)20(26)24-11-25(17)18-3-2-8-23-19(18)14-6-4-12(21)9-16(14)22/h2-11H,1H3. The van der Waals surface area contributed by atoms with Gasteiger partial charge < -0.3 is 4.74 Å². The van der Waals surface area contributed by atoms with Crippen LogP contribution in [-0.2, 0) is 0 Å². The summed E-state index contributed by atoms with van der Waals surface area (Å²) < 4.78 is 21.4. The molecule has 0 radical (unpaired) electrons. The van der Waals surface area contributed by atoms with E-state index in [1.165, 1.54) is 19.5 Å². The van der Waals surface area contributed by atoms with Gasteiger partial charge in [0.25, 0.3) is 5.56 Å². The normalized spacial score (nSPS) is 10.9. The highest BCUT2D eigenvalue weighted by Crippen LogP contribution is 2.30. The van der Waals surface area contributed by atoms with Crippen molar-refractivity contribution in [2.24, 2.45) is 0 Å². The van der Waals surface area contributed by atoms with Crippen LogP contribution in [0.3, 0.4) is 0 Å². The van der Waals surface area contributed by atoms with Gasteiger partial charge in [0.05, 0.1) is 29.4 Å². The molecule has 2 heterocycles. The van der Waals surface area contributed by atoms with E-state index in [0.29, 0.717) is 38.6 Å². The average Bonchev–Trinajstić information content (AvgIpc) is 2.68. The van der Waals surface area contributed by atoms with E-state index in [9.17, 15) is 9.18 Å². The molecule has 5 nitrogen and oxygen atoms in total. The molecule has 0 aliphatic carbocycles. The van der Waals surface area contributed by atoms with Crippen molar-refractivity contribution in [3.05, 3.63) is 82.2 Å². The lowest BCUT2D eigenvalue weighted by Crippen LogP contribution is -2.12. The molecule has 0 unspecified atom stereocenters. The first-order valence-electron chi connectivity index (χ1n) is 8.04. The van der Waals surface area contributed by atoms with E-state index in [4.69, 9.17) is 16.3 Å². The fourth-order valence-corrected chi connectivity index (χ4v) is 3.10. The molecule has 0 atom stereocenters. The molecule has 134 valence electrons. The molecule has 0 amide bonds. The molecule has 0 spiro atoms. The molecule has 4 aromatic rings. The smallest absolute Gasteiger partial charge is 0.280 e. The van der Waals surface area contributed by atoms with Crippen LogP contribution in [0.15, 0.2) is 65.8 Å². The van der Waals surface area contributed by atoms with Crippen molar-refractivity contribution in [1.82, 2.24) is 14.5 Å². The summed E-state index contributed by atoms with van der Waals surface area (Å²) in [5.74, 6) is 0.0664. The molecule has 0 N–H and O–H groups in total. The number of ether oxygens (including phenoxy) is 1. The van der Waals surface area contributed by atoms with Gasteiger partial charge in [0.2, 0.25) is 0 Å². The van der Waals surface area contributed by atoms with Crippen molar-refractivity contribution in [3.8, 4) is 22.7 Å². The number of fused-ring (bicyclic) bond motifs is 1. The van der Waals surface area contributed by atoms with Crippen molar-refractivity contribution in [3.63, 3.8) is 0 Å². The van der Waals surface area contributed by atoms with Crippen LogP contribution >= 0.6 is 11.6 Å². The molecule has 0 bridgehead atoms. The maximum absolute atomic E-state index is 14.5. The highest BCUT2D eigenvalue weighted by Gasteiger charge is 2.15. The van der Waals surface area contributed by atoms with Gasteiger partial charge in [0.15, 0.2) is 0 Å². The number of rotatable bonds is 3. The molecule has 4 rings (SSSR count). The van der Waals surface area contributed by atoms with Gasteiger partial charge in [0, 0.05) is 16.8 Å². The molecule has 0 fully saturated rings. The number of aromatic nitrogens is 3. The van der Waals surface area contributed by atoms with Crippen molar-refractivity contribution in [2.75, 3.05) is 7.11 Å². The largest absolute Gasteiger partial charge is 0.497 e. The minimum atomic E-state index is -0.484. The number of pyridine rings is 1. The molecular formula is C20H13ClFN3O2. The lowest BCUT2D eigenvalue weighted by molar-refractivity contribution is 0.415. The Hall–Kier alpha value is -3.25. The Morgan fingerprint density at radius 1 is 1.11 bits per heavy atom. The number of benzene rings is 2. The lowest BCUT2D eigenvalue weighted by atomic mass is 10.1. The summed E-state index contributed by atoms with van der Waals surface area (Å²) in [6.45, 7) is 0. The van der Waals surface area contributed by atoms with E-state index in [0.717, 1.165) is 0 Å². The molecule has 2 aromatic carbocycles. The first kappa shape index (κ1) is 17.2. The van der Waals surface area contributed by atoms with Crippen LogP contribution < -0.4 is 10.3 Å². The summed E-state index contributed by atoms with van der Waals surface area (Å²) in [7, 11) is 1.53. The predicted octanol–water partition coefficient (Wildman–Crippen LogP) is 4.25. The molecule has 0 aliphatic rings. The Morgan fingerprint density at radius 3 is 2.74 bits per heavy atom. The minimum Gasteiger partial charge on any atom is -0.497 e. The van der Waals surface area contributed by atoms with E-state index in [2.05, 4.69) is 9.97 Å². The van der Waals surface area contributed by atoms with E-state index >= 15 is 0 Å². The second kappa shape index (κ2) is 6.81. The Balaban J connectivity index is 2.01. The maximum Gasteiger partial charge on any atom is 0.280 e. The van der Waals surface area contributed by atoms with Crippen LogP contribution in [0, 0.1) is 5.82 Å². The van der Waals surface area contributed by atoms with Gasteiger partial charge in [-0.3, -0.25) is 14.3 Å². The molecule has 0 saturated carbocycles. The monoisotopic (exact) mass is 381 g/mol.